The Kier molecular flexibility index (Phi) is 3.31. The molecule has 1 aliphatic carbocycles. The molecule has 1 saturated heterocycles. The molecule has 2 unspecified atom stereocenters. The smallest absolute Gasteiger partial charge is 0.131 e. The summed E-state index contributed by atoms with van der Waals surface area (Å²) in [6.45, 7) is 0.616. The summed E-state index contributed by atoms with van der Waals surface area (Å²) in [7, 11) is 0. The van der Waals surface area contributed by atoms with E-state index in [1.165, 1.54) is 12.1 Å². The number of hydrogen-bond acceptors (Lipinski definition) is 2. The van der Waals surface area contributed by atoms with Crippen LogP contribution < -0.4 is 0 Å². The molecule has 4 heteroatoms. The lowest BCUT2D eigenvalue weighted by molar-refractivity contribution is -0.157. The van der Waals surface area contributed by atoms with Crippen LogP contribution in [0.25, 0.3) is 0 Å². The van der Waals surface area contributed by atoms with Crippen molar-refractivity contribution in [3.8, 4) is 0 Å². The minimum absolute atomic E-state index is 0.00555. The van der Waals surface area contributed by atoms with Gasteiger partial charge in [0.2, 0.25) is 0 Å². The Morgan fingerprint density at radius 2 is 2.11 bits per heavy atom. The molecule has 0 bridgehead atoms. The molecule has 2 fully saturated rings. The summed E-state index contributed by atoms with van der Waals surface area (Å²) < 4.78 is 32.4. The third-order valence-corrected chi connectivity index (χ3v) is 4.52. The maximum absolute atomic E-state index is 13.7. The van der Waals surface area contributed by atoms with Crippen LogP contribution in [0.5, 0.6) is 0 Å². The second-order valence-electron chi connectivity index (χ2n) is 5.75. The van der Waals surface area contributed by atoms with Gasteiger partial charge in [-0.05, 0) is 44.1 Å². The maximum atomic E-state index is 13.7. The van der Waals surface area contributed by atoms with Crippen molar-refractivity contribution in [1.29, 1.82) is 0 Å². The molecular weight excluding hydrogens is 250 g/mol. The minimum atomic E-state index is -0.873. The molecule has 2 nitrogen and oxygen atoms in total. The van der Waals surface area contributed by atoms with E-state index in [4.69, 9.17) is 4.74 Å². The first-order chi connectivity index (χ1) is 9.10. The Bertz CT molecular complexity index is 471. The molecule has 3 rings (SSSR count). The Hall–Kier alpha value is -1.00. The fourth-order valence-electron chi connectivity index (χ4n) is 3.25. The van der Waals surface area contributed by atoms with Gasteiger partial charge >= 0.3 is 0 Å². The van der Waals surface area contributed by atoms with Crippen molar-refractivity contribution in [1.82, 2.24) is 0 Å². The molecule has 1 aromatic rings. The highest BCUT2D eigenvalue weighted by Crippen LogP contribution is 2.47. The predicted molar refractivity (Wildman–Crippen MR) is 66.6 cm³/mol. The van der Waals surface area contributed by atoms with Crippen molar-refractivity contribution in [3.63, 3.8) is 0 Å². The Morgan fingerprint density at radius 3 is 2.74 bits per heavy atom. The van der Waals surface area contributed by atoms with Gasteiger partial charge in [0.1, 0.15) is 11.6 Å². The van der Waals surface area contributed by atoms with Crippen molar-refractivity contribution in [2.45, 2.75) is 43.8 Å². The van der Waals surface area contributed by atoms with Gasteiger partial charge in [-0.1, -0.05) is 6.07 Å². The zero-order chi connectivity index (χ0) is 13.5. The van der Waals surface area contributed by atoms with E-state index < -0.39 is 17.7 Å². The second kappa shape index (κ2) is 4.84. The number of ether oxygens (including phenoxy) is 1. The summed E-state index contributed by atoms with van der Waals surface area (Å²) in [4.78, 5) is 0. The number of aliphatic hydroxyl groups is 1. The third-order valence-electron chi connectivity index (χ3n) is 4.52. The number of aliphatic hydroxyl groups excluding tert-OH is 1. The van der Waals surface area contributed by atoms with Crippen LogP contribution in [0.15, 0.2) is 18.2 Å². The van der Waals surface area contributed by atoms with Crippen molar-refractivity contribution in [3.05, 3.63) is 35.4 Å². The molecule has 1 N–H and O–H groups in total. The van der Waals surface area contributed by atoms with Gasteiger partial charge in [-0.15, -0.1) is 0 Å². The Balaban J connectivity index is 1.77. The summed E-state index contributed by atoms with van der Waals surface area (Å²) in [5.74, 6) is -1.29. The molecule has 1 saturated carbocycles. The Labute approximate surface area is 111 Å². The molecular formula is C15H18F2O2. The largest absolute Gasteiger partial charge is 0.388 e. The molecule has 1 spiro atoms. The van der Waals surface area contributed by atoms with Crippen molar-refractivity contribution in [2.24, 2.45) is 5.92 Å². The molecule has 1 aliphatic heterocycles. The van der Waals surface area contributed by atoms with E-state index >= 15 is 0 Å². The van der Waals surface area contributed by atoms with Crippen LogP contribution >= 0.6 is 0 Å². The molecule has 0 aromatic heterocycles. The fraction of sp³-hybridized carbons (Fsp3) is 0.600. The third kappa shape index (κ3) is 2.39. The van der Waals surface area contributed by atoms with Gasteiger partial charge in [0.05, 0.1) is 11.7 Å². The number of hydrogen-bond donors (Lipinski definition) is 1. The first-order valence-electron chi connectivity index (χ1n) is 6.87. The second-order valence-corrected chi connectivity index (χ2v) is 5.75. The van der Waals surface area contributed by atoms with Crippen LogP contribution in [0.1, 0.15) is 43.8 Å². The number of halogens is 2. The minimum Gasteiger partial charge on any atom is -0.388 e. The summed E-state index contributed by atoms with van der Waals surface area (Å²) in [5.41, 5.74) is 0.114. The molecule has 0 radical (unpaired) electrons. The highest BCUT2D eigenvalue weighted by molar-refractivity contribution is 5.22. The molecule has 1 aromatic carbocycles. The van der Waals surface area contributed by atoms with Crippen LogP contribution in [0.3, 0.4) is 0 Å². The summed E-state index contributed by atoms with van der Waals surface area (Å²) in [5, 5.41) is 10.4. The molecule has 1 heterocycles. The number of benzene rings is 1. The fourth-order valence-corrected chi connectivity index (χ4v) is 3.25. The van der Waals surface area contributed by atoms with Gasteiger partial charge in [0, 0.05) is 18.2 Å². The normalized spacial score (nSPS) is 27.0. The molecule has 104 valence electrons. The van der Waals surface area contributed by atoms with Crippen LogP contribution in [0.2, 0.25) is 0 Å². The Morgan fingerprint density at radius 1 is 1.32 bits per heavy atom. The first kappa shape index (κ1) is 13.0. The zero-order valence-electron chi connectivity index (χ0n) is 10.7. The lowest BCUT2D eigenvalue weighted by atomic mass is 9.70. The quantitative estimate of drug-likeness (QED) is 0.891. The van der Waals surface area contributed by atoms with E-state index in [0.717, 1.165) is 38.2 Å². The standard InChI is InChI=1S/C15H18F2O2/c16-11-2-3-12(13(17)8-11)14(18)10-4-7-19-15(9-10)5-1-6-15/h2-3,8,10,14,18H,1,4-7,9H2. The van der Waals surface area contributed by atoms with Gasteiger partial charge in [0.15, 0.2) is 0 Å². The van der Waals surface area contributed by atoms with E-state index in [0.29, 0.717) is 6.61 Å². The van der Waals surface area contributed by atoms with Gasteiger partial charge < -0.3 is 9.84 Å². The van der Waals surface area contributed by atoms with E-state index in [9.17, 15) is 13.9 Å². The zero-order valence-corrected chi connectivity index (χ0v) is 10.7. The van der Waals surface area contributed by atoms with Gasteiger partial charge in [-0.2, -0.15) is 0 Å². The van der Waals surface area contributed by atoms with Gasteiger partial charge in [-0.3, -0.25) is 0 Å². The van der Waals surface area contributed by atoms with E-state index in [-0.39, 0.29) is 17.1 Å². The van der Waals surface area contributed by atoms with E-state index in [2.05, 4.69) is 0 Å². The average Bonchev–Trinajstić information content (AvgIpc) is 2.36. The van der Waals surface area contributed by atoms with Crippen LogP contribution in [-0.4, -0.2) is 17.3 Å². The number of rotatable bonds is 2. The summed E-state index contributed by atoms with van der Waals surface area (Å²) in [6.07, 6.45) is 3.84. The van der Waals surface area contributed by atoms with Crippen molar-refractivity contribution < 1.29 is 18.6 Å². The van der Waals surface area contributed by atoms with Crippen molar-refractivity contribution in [2.75, 3.05) is 6.61 Å². The monoisotopic (exact) mass is 268 g/mol. The van der Waals surface area contributed by atoms with Crippen LogP contribution in [0, 0.1) is 17.6 Å². The highest BCUT2D eigenvalue weighted by atomic mass is 19.1. The van der Waals surface area contributed by atoms with Gasteiger partial charge in [0.25, 0.3) is 0 Å². The van der Waals surface area contributed by atoms with Crippen LogP contribution in [-0.2, 0) is 4.74 Å². The summed E-state index contributed by atoms with van der Waals surface area (Å²) >= 11 is 0. The molecule has 2 atom stereocenters. The maximum Gasteiger partial charge on any atom is 0.131 e. The van der Waals surface area contributed by atoms with Crippen molar-refractivity contribution >= 4 is 0 Å². The predicted octanol–water partition coefficient (Wildman–Crippen LogP) is 3.35. The topological polar surface area (TPSA) is 29.5 Å². The van der Waals surface area contributed by atoms with Crippen LogP contribution in [0.4, 0.5) is 8.78 Å². The highest BCUT2D eigenvalue weighted by Gasteiger charge is 2.44. The summed E-state index contributed by atoms with van der Waals surface area (Å²) in [6, 6.07) is 3.37. The average molecular weight is 268 g/mol. The lowest BCUT2D eigenvalue weighted by Gasteiger charge is -2.48. The SMILES string of the molecule is OC(c1ccc(F)cc1F)C1CCOC2(CCC2)C1. The molecule has 19 heavy (non-hydrogen) atoms. The first-order valence-corrected chi connectivity index (χ1v) is 6.87. The van der Waals surface area contributed by atoms with E-state index in [1.54, 1.807) is 0 Å². The molecule has 0 amide bonds. The lowest BCUT2D eigenvalue weighted by Crippen LogP contribution is -2.46. The van der Waals surface area contributed by atoms with E-state index in [1.807, 2.05) is 0 Å². The molecule has 2 aliphatic rings. The van der Waals surface area contributed by atoms with Gasteiger partial charge in [-0.25, -0.2) is 8.78 Å².